The zero-order valence-electron chi connectivity index (χ0n) is 12.9. The molecule has 132 valence electrons. The minimum absolute atomic E-state index is 0.0202. The number of pyridine rings is 1. The maximum atomic E-state index is 13.4. The van der Waals surface area contributed by atoms with Crippen molar-refractivity contribution in [1.29, 1.82) is 5.26 Å². The molecule has 0 saturated heterocycles. The van der Waals surface area contributed by atoms with Crippen LogP contribution in [0.2, 0.25) is 5.02 Å². The summed E-state index contributed by atoms with van der Waals surface area (Å²) in [5.41, 5.74) is -0.551. The fraction of sp³-hybridized carbons (Fsp3) is 0.125. The van der Waals surface area contributed by atoms with E-state index in [0.29, 0.717) is 15.9 Å². The molecule has 1 aromatic carbocycles. The van der Waals surface area contributed by atoms with E-state index < -0.39 is 11.7 Å². The first kappa shape index (κ1) is 18.2. The van der Waals surface area contributed by atoms with Crippen LogP contribution in [0.5, 0.6) is 0 Å². The first-order valence-corrected chi connectivity index (χ1v) is 8.51. The molecule has 0 atom stereocenters. The molecule has 0 bridgehead atoms. The van der Waals surface area contributed by atoms with Gasteiger partial charge < -0.3 is 0 Å². The Bertz CT molecular complexity index is 963. The van der Waals surface area contributed by atoms with Crippen molar-refractivity contribution in [3.8, 4) is 23.1 Å². The van der Waals surface area contributed by atoms with Gasteiger partial charge in [0.15, 0.2) is 11.0 Å². The standard InChI is InChI=1S/C16H9ClF3N5S/c17-10-1-3-11(4-2-10)25-14(23-24-15(25)26-8-6-21)12-9-22-7-5-13(12)16(18,19)20/h1-5,7,9H,8H2. The van der Waals surface area contributed by atoms with Crippen molar-refractivity contribution in [3.05, 3.63) is 53.3 Å². The molecule has 0 N–H and O–H groups in total. The molecule has 0 aliphatic carbocycles. The van der Waals surface area contributed by atoms with Crippen LogP contribution in [-0.4, -0.2) is 25.5 Å². The van der Waals surface area contributed by atoms with Crippen molar-refractivity contribution in [3.63, 3.8) is 0 Å². The van der Waals surface area contributed by atoms with E-state index in [1.165, 1.54) is 4.57 Å². The lowest BCUT2D eigenvalue weighted by Crippen LogP contribution is -2.10. The Morgan fingerprint density at radius 1 is 1.15 bits per heavy atom. The predicted molar refractivity (Wildman–Crippen MR) is 90.9 cm³/mol. The molecule has 0 spiro atoms. The number of rotatable bonds is 4. The number of alkyl halides is 3. The van der Waals surface area contributed by atoms with Crippen LogP contribution >= 0.6 is 23.4 Å². The second kappa shape index (κ2) is 7.35. The Labute approximate surface area is 155 Å². The highest BCUT2D eigenvalue weighted by Crippen LogP contribution is 2.37. The summed E-state index contributed by atoms with van der Waals surface area (Å²) in [6.45, 7) is 0. The van der Waals surface area contributed by atoms with Crippen LogP contribution < -0.4 is 0 Å². The number of benzene rings is 1. The van der Waals surface area contributed by atoms with Crippen LogP contribution in [0.3, 0.4) is 0 Å². The molecular formula is C16H9ClF3N5S. The van der Waals surface area contributed by atoms with Gasteiger partial charge in [0.2, 0.25) is 0 Å². The van der Waals surface area contributed by atoms with Crippen LogP contribution in [0.4, 0.5) is 13.2 Å². The largest absolute Gasteiger partial charge is 0.417 e. The molecule has 5 nitrogen and oxygen atoms in total. The summed E-state index contributed by atoms with van der Waals surface area (Å²) >= 11 is 6.96. The molecule has 0 amide bonds. The van der Waals surface area contributed by atoms with Gasteiger partial charge in [-0.1, -0.05) is 23.4 Å². The van der Waals surface area contributed by atoms with Crippen molar-refractivity contribution >= 4 is 23.4 Å². The molecule has 0 saturated carbocycles. The maximum absolute atomic E-state index is 13.4. The zero-order chi connectivity index (χ0) is 18.7. The van der Waals surface area contributed by atoms with Gasteiger partial charge in [0.1, 0.15) is 0 Å². The number of nitrogens with zero attached hydrogens (tertiary/aromatic N) is 5. The fourth-order valence-electron chi connectivity index (χ4n) is 2.28. The Hall–Kier alpha value is -2.57. The van der Waals surface area contributed by atoms with E-state index in [0.717, 1.165) is 30.2 Å². The summed E-state index contributed by atoms with van der Waals surface area (Å²) in [7, 11) is 0. The van der Waals surface area contributed by atoms with Crippen molar-refractivity contribution in [2.45, 2.75) is 11.3 Å². The monoisotopic (exact) mass is 395 g/mol. The van der Waals surface area contributed by atoms with Gasteiger partial charge in [-0.05, 0) is 30.3 Å². The summed E-state index contributed by atoms with van der Waals surface area (Å²) < 4.78 is 41.6. The summed E-state index contributed by atoms with van der Waals surface area (Å²) in [4.78, 5) is 3.79. The normalized spacial score (nSPS) is 11.3. The van der Waals surface area contributed by atoms with E-state index >= 15 is 0 Å². The number of hydrogen-bond acceptors (Lipinski definition) is 5. The number of halogens is 4. The van der Waals surface area contributed by atoms with Crippen molar-refractivity contribution < 1.29 is 13.2 Å². The topological polar surface area (TPSA) is 67.4 Å². The minimum Gasteiger partial charge on any atom is -0.270 e. The third-order valence-electron chi connectivity index (χ3n) is 3.35. The molecule has 0 aliphatic heterocycles. The molecule has 0 radical (unpaired) electrons. The molecule has 26 heavy (non-hydrogen) atoms. The maximum Gasteiger partial charge on any atom is 0.417 e. The lowest BCUT2D eigenvalue weighted by atomic mass is 10.1. The molecule has 2 heterocycles. The van der Waals surface area contributed by atoms with Gasteiger partial charge >= 0.3 is 6.18 Å². The number of thioether (sulfide) groups is 1. The van der Waals surface area contributed by atoms with E-state index in [9.17, 15) is 13.2 Å². The Kier molecular flexibility index (Phi) is 5.15. The summed E-state index contributed by atoms with van der Waals surface area (Å²) in [6.07, 6.45) is -2.41. The molecule has 2 aromatic heterocycles. The third kappa shape index (κ3) is 3.66. The van der Waals surface area contributed by atoms with Gasteiger partial charge in [-0.2, -0.15) is 18.4 Å². The quantitative estimate of drug-likeness (QED) is 0.603. The molecule has 0 unspecified atom stereocenters. The number of aromatic nitrogens is 4. The summed E-state index contributed by atoms with van der Waals surface area (Å²) in [5.74, 6) is 0.0541. The highest BCUT2D eigenvalue weighted by molar-refractivity contribution is 7.99. The van der Waals surface area contributed by atoms with Gasteiger partial charge in [-0.3, -0.25) is 9.55 Å². The Morgan fingerprint density at radius 3 is 2.54 bits per heavy atom. The van der Waals surface area contributed by atoms with Crippen LogP contribution in [-0.2, 0) is 6.18 Å². The first-order chi connectivity index (χ1) is 12.4. The highest BCUT2D eigenvalue weighted by Gasteiger charge is 2.35. The SMILES string of the molecule is N#CCSc1nnc(-c2cnccc2C(F)(F)F)n1-c1ccc(Cl)cc1. The van der Waals surface area contributed by atoms with Crippen LogP contribution in [0, 0.1) is 11.3 Å². The number of nitriles is 1. The van der Waals surface area contributed by atoms with Gasteiger partial charge in [-0.25, -0.2) is 0 Å². The molecule has 0 fully saturated rings. The van der Waals surface area contributed by atoms with Gasteiger partial charge in [0.05, 0.1) is 22.9 Å². The minimum atomic E-state index is -4.57. The second-order valence-electron chi connectivity index (χ2n) is 4.98. The lowest BCUT2D eigenvalue weighted by Gasteiger charge is -2.14. The average molecular weight is 396 g/mol. The highest BCUT2D eigenvalue weighted by atomic mass is 35.5. The van der Waals surface area contributed by atoms with Crippen molar-refractivity contribution in [1.82, 2.24) is 19.7 Å². The molecule has 10 heteroatoms. The van der Waals surface area contributed by atoms with E-state index in [1.807, 2.05) is 6.07 Å². The first-order valence-electron chi connectivity index (χ1n) is 7.14. The average Bonchev–Trinajstić information content (AvgIpc) is 3.03. The lowest BCUT2D eigenvalue weighted by molar-refractivity contribution is -0.137. The van der Waals surface area contributed by atoms with Crippen LogP contribution in [0.1, 0.15) is 5.56 Å². The Morgan fingerprint density at radius 2 is 1.88 bits per heavy atom. The van der Waals surface area contributed by atoms with Gasteiger partial charge in [0, 0.05) is 23.1 Å². The van der Waals surface area contributed by atoms with Crippen LogP contribution in [0.25, 0.3) is 17.1 Å². The number of hydrogen-bond donors (Lipinski definition) is 0. The van der Waals surface area contributed by atoms with E-state index in [1.54, 1.807) is 24.3 Å². The van der Waals surface area contributed by atoms with Crippen LogP contribution in [0.15, 0.2) is 47.9 Å². The smallest absolute Gasteiger partial charge is 0.270 e. The predicted octanol–water partition coefficient (Wildman–Crippen LogP) is 4.62. The van der Waals surface area contributed by atoms with Crippen molar-refractivity contribution in [2.24, 2.45) is 0 Å². The molecule has 0 aliphatic rings. The molecule has 3 aromatic rings. The zero-order valence-corrected chi connectivity index (χ0v) is 14.5. The summed E-state index contributed by atoms with van der Waals surface area (Å²) in [6, 6.07) is 9.32. The fourth-order valence-corrected chi connectivity index (χ4v) is 3.02. The second-order valence-corrected chi connectivity index (χ2v) is 6.36. The van der Waals surface area contributed by atoms with Gasteiger partial charge in [0.25, 0.3) is 0 Å². The molecular weight excluding hydrogens is 387 g/mol. The van der Waals surface area contributed by atoms with Gasteiger partial charge in [-0.15, -0.1) is 10.2 Å². The Balaban J connectivity index is 2.22. The van der Waals surface area contributed by atoms with E-state index in [-0.39, 0.29) is 17.1 Å². The van der Waals surface area contributed by atoms with E-state index in [4.69, 9.17) is 16.9 Å². The third-order valence-corrected chi connectivity index (χ3v) is 4.40. The molecule has 3 rings (SSSR count). The van der Waals surface area contributed by atoms with E-state index in [2.05, 4.69) is 15.2 Å². The summed E-state index contributed by atoms with van der Waals surface area (Å²) in [5, 5.41) is 17.4. The van der Waals surface area contributed by atoms with Crippen molar-refractivity contribution in [2.75, 3.05) is 5.75 Å².